The lowest BCUT2D eigenvalue weighted by Crippen LogP contribution is -2.20. The maximum Gasteiger partial charge on any atom is 0.314 e. The molecule has 8 heteroatoms. The summed E-state index contributed by atoms with van der Waals surface area (Å²) in [5.74, 6) is -0.205. The molecule has 2 atom stereocenters. The van der Waals surface area contributed by atoms with Gasteiger partial charge in [-0.25, -0.2) is 4.98 Å². The number of aliphatic hydroxyl groups excluding tert-OH is 2. The first-order valence-corrected chi connectivity index (χ1v) is 6.33. The van der Waals surface area contributed by atoms with Crippen molar-refractivity contribution >= 4 is 27.4 Å². The van der Waals surface area contributed by atoms with Crippen molar-refractivity contribution < 1.29 is 15.1 Å². The van der Waals surface area contributed by atoms with E-state index in [0.717, 1.165) is 0 Å². The Morgan fingerprint density at radius 3 is 2.72 bits per heavy atom. The molecule has 2 unspecified atom stereocenters. The van der Waals surface area contributed by atoms with Crippen LogP contribution in [0, 0.1) is 17.0 Å². The standard InChI is InChI=1S/C10H14BrN3O4/c1-5-6(9(16)7(15)2-3-11)4-13-10(12)8(5)14(17)18/h4,7,9,15-16H,2-3H2,1H3,(H2,12,13). The number of hydrogen-bond acceptors (Lipinski definition) is 6. The fraction of sp³-hybridized carbons (Fsp3) is 0.500. The van der Waals surface area contributed by atoms with E-state index in [2.05, 4.69) is 20.9 Å². The number of nitrogens with zero attached hydrogens (tertiary/aromatic N) is 2. The van der Waals surface area contributed by atoms with Gasteiger partial charge in [-0.3, -0.25) is 10.1 Å². The van der Waals surface area contributed by atoms with E-state index >= 15 is 0 Å². The van der Waals surface area contributed by atoms with Gasteiger partial charge < -0.3 is 15.9 Å². The van der Waals surface area contributed by atoms with E-state index < -0.39 is 17.1 Å². The third kappa shape index (κ3) is 2.95. The Hall–Kier alpha value is -1.25. The van der Waals surface area contributed by atoms with Crippen LogP contribution in [0.4, 0.5) is 11.5 Å². The van der Waals surface area contributed by atoms with Gasteiger partial charge in [0.2, 0.25) is 5.82 Å². The van der Waals surface area contributed by atoms with Crippen LogP contribution in [0.3, 0.4) is 0 Å². The molecule has 0 fully saturated rings. The summed E-state index contributed by atoms with van der Waals surface area (Å²) in [7, 11) is 0. The van der Waals surface area contributed by atoms with Gasteiger partial charge in [0, 0.05) is 22.7 Å². The Morgan fingerprint density at radius 2 is 2.22 bits per heavy atom. The van der Waals surface area contributed by atoms with Gasteiger partial charge >= 0.3 is 5.69 Å². The first-order chi connectivity index (χ1) is 8.40. The van der Waals surface area contributed by atoms with E-state index in [9.17, 15) is 20.3 Å². The van der Waals surface area contributed by atoms with Gasteiger partial charge in [-0.05, 0) is 13.3 Å². The minimum absolute atomic E-state index is 0.205. The van der Waals surface area contributed by atoms with Crippen molar-refractivity contribution in [3.63, 3.8) is 0 Å². The number of alkyl halides is 1. The Balaban J connectivity index is 3.18. The topological polar surface area (TPSA) is 123 Å². The molecular formula is C10H14BrN3O4. The van der Waals surface area contributed by atoms with Crippen molar-refractivity contribution in [3.05, 3.63) is 27.4 Å². The Kier molecular flexibility index (Phi) is 5.00. The number of halogens is 1. The molecule has 0 saturated carbocycles. The van der Waals surface area contributed by atoms with E-state index in [1.807, 2.05) is 0 Å². The molecule has 18 heavy (non-hydrogen) atoms. The van der Waals surface area contributed by atoms with Crippen LogP contribution in [0.5, 0.6) is 0 Å². The molecule has 0 aliphatic rings. The highest BCUT2D eigenvalue weighted by atomic mass is 79.9. The number of rotatable bonds is 5. The van der Waals surface area contributed by atoms with Gasteiger partial charge in [0.25, 0.3) is 0 Å². The van der Waals surface area contributed by atoms with E-state index in [-0.39, 0.29) is 22.6 Å². The van der Waals surface area contributed by atoms with Gasteiger partial charge in [0.1, 0.15) is 6.10 Å². The van der Waals surface area contributed by atoms with Crippen molar-refractivity contribution in [2.75, 3.05) is 11.1 Å². The first kappa shape index (κ1) is 14.8. The summed E-state index contributed by atoms with van der Waals surface area (Å²) in [6, 6.07) is 0. The van der Waals surface area contributed by atoms with E-state index in [0.29, 0.717) is 11.8 Å². The molecule has 0 bridgehead atoms. The summed E-state index contributed by atoms with van der Waals surface area (Å²) in [6.07, 6.45) is -0.680. The average Bonchev–Trinajstić information content (AvgIpc) is 2.28. The van der Waals surface area contributed by atoms with E-state index in [4.69, 9.17) is 5.73 Å². The molecule has 0 spiro atoms. The summed E-state index contributed by atoms with van der Waals surface area (Å²) in [5, 5.41) is 31.0. The normalized spacial score (nSPS) is 14.2. The van der Waals surface area contributed by atoms with Gasteiger partial charge in [0.05, 0.1) is 11.0 Å². The monoisotopic (exact) mass is 319 g/mol. The fourth-order valence-corrected chi connectivity index (χ4v) is 2.10. The summed E-state index contributed by atoms with van der Waals surface area (Å²) in [5.41, 5.74) is 5.51. The van der Waals surface area contributed by atoms with Crippen LogP contribution in [0.25, 0.3) is 0 Å². The molecule has 7 nitrogen and oxygen atoms in total. The number of nitrogen functional groups attached to an aromatic ring is 1. The predicted molar refractivity (Wildman–Crippen MR) is 69.4 cm³/mol. The smallest absolute Gasteiger partial charge is 0.314 e. The number of aliphatic hydroxyl groups is 2. The lowest BCUT2D eigenvalue weighted by atomic mass is 9.99. The molecule has 0 amide bonds. The zero-order valence-corrected chi connectivity index (χ0v) is 11.3. The van der Waals surface area contributed by atoms with Gasteiger partial charge in [-0.1, -0.05) is 15.9 Å². The molecular weight excluding hydrogens is 306 g/mol. The van der Waals surface area contributed by atoms with Crippen molar-refractivity contribution in [2.45, 2.75) is 25.6 Å². The molecule has 1 rings (SSSR count). The lowest BCUT2D eigenvalue weighted by molar-refractivity contribution is -0.384. The zero-order chi connectivity index (χ0) is 13.9. The highest BCUT2D eigenvalue weighted by molar-refractivity contribution is 9.09. The van der Waals surface area contributed by atoms with Crippen LogP contribution in [-0.2, 0) is 0 Å². The first-order valence-electron chi connectivity index (χ1n) is 5.21. The Labute approximate surface area is 112 Å². The van der Waals surface area contributed by atoms with Crippen LogP contribution in [0.2, 0.25) is 0 Å². The molecule has 4 N–H and O–H groups in total. The van der Waals surface area contributed by atoms with Crippen LogP contribution >= 0.6 is 15.9 Å². The predicted octanol–water partition coefficient (Wildman–Crippen LogP) is 1.06. The second kappa shape index (κ2) is 6.07. The van der Waals surface area contributed by atoms with Crippen molar-refractivity contribution in [1.82, 2.24) is 4.98 Å². The summed E-state index contributed by atoms with van der Waals surface area (Å²) in [6.45, 7) is 1.47. The summed E-state index contributed by atoms with van der Waals surface area (Å²) in [4.78, 5) is 13.9. The molecule has 100 valence electrons. The minimum atomic E-state index is -1.23. The number of nitrogens with two attached hydrogens (primary N) is 1. The van der Waals surface area contributed by atoms with Crippen LogP contribution in [0.1, 0.15) is 23.7 Å². The van der Waals surface area contributed by atoms with Gasteiger partial charge in [-0.15, -0.1) is 0 Å². The summed E-state index contributed by atoms with van der Waals surface area (Å²) >= 11 is 3.14. The minimum Gasteiger partial charge on any atom is -0.390 e. The van der Waals surface area contributed by atoms with Gasteiger partial charge in [-0.2, -0.15) is 0 Å². The fourth-order valence-electron chi connectivity index (χ4n) is 1.63. The second-order valence-corrected chi connectivity index (χ2v) is 4.61. The lowest BCUT2D eigenvalue weighted by Gasteiger charge is -2.18. The molecule has 1 heterocycles. The van der Waals surface area contributed by atoms with Crippen LogP contribution in [0.15, 0.2) is 6.20 Å². The molecule has 1 aromatic rings. The third-order valence-electron chi connectivity index (χ3n) is 2.64. The molecule has 0 saturated heterocycles. The van der Waals surface area contributed by atoms with E-state index in [1.54, 1.807) is 0 Å². The summed E-state index contributed by atoms with van der Waals surface area (Å²) < 4.78 is 0. The zero-order valence-electron chi connectivity index (χ0n) is 9.71. The van der Waals surface area contributed by atoms with Crippen molar-refractivity contribution in [1.29, 1.82) is 0 Å². The molecule has 0 aliphatic carbocycles. The van der Waals surface area contributed by atoms with Crippen LogP contribution < -0.4 is 5.73 Å². The number of anilines is 1. The molecule has 0 aromatic carbocycles. The van der Waals surface area contributed by atoms with Crippen molar-refractivity contribution in [3.8, 4) is 0 Å². The Bertz CT molecular complexity index is 455. The third-order valence-corrected chi connectivity index (χ3v) is 3.10. The quantitative estimate of drug-likeness (QED) is 0.423. The van der Waals surface area contributed by atoms with Gasteiger partial charge in [0.15, 0.2) is 0 Å². The number of nitro groups is 1. The molecule has 0 radical (unpaired) electrons. The second-order valence-electron chi connectivity index (χ2n) is 3.82. The highest BCUT2D eigenvalue weighted by Crippen LogP contribution is 2.31. The number of hydrogen-bond donors (Lipinski definition) is 3. The van der Waals surface area contributed by atoms with Crippen molar-refractivity contribution in [2.24, 2.45) is 0 Å². The largest absolute Gasteiger partial charge is 0.390 e. The highest BCUT2D eigenvalue weighted by Gasteiger charge is 2.26. The van der Waals surface area contributed by atoms with E-state index in [1.165, 1.54) is 13.1 Å². The SMILES string of the molecule is Cc1c(C(O)C(O)CCBr)cnc(N)c1[N+](=O)[O-]. The molecule has 1 aromatic heterocycles. The number of aromatic nitrogens is 1. The average molecular weight is 320 g/mol. The number of pyridine rings is 1. The van der Waals surface area contributed by atoms with Crippen LogP contribution in [-0.4, -0.2) is 31.6 Å². The maximum atomic E-state index is 10.8. The molecule has 0 aliphatic heterocycles. The maximum absolute atomic E-state index is 10.8. The Morgan fingerprint density at radius 1 is 1.61 bits per heavy atom.